The lowest BCUT2D eigenvalue weighted by molar-refractivity contribution is -0.125. The van der Waals surface area contributed by atoms with Crippen LogP contribution in [0.1, 0.15) is 49.3 Å². The zero-order valence-corrected chi connectivity index (χ0v) is 17.9. The van der Waals surface area contributed by atoms with Crippen LogP contribution in [0.15, 0.2) is 45.4 Å². The monoisotopic (exact) mass is 422 g/mol. The topological polar surface area (TPSA) is 100 Å². The van der Waals surface area contributed by atoms with Crippen LogP contribution >= 0.6 is 0 Å². The summed E-state index contributed by atoms with van der Waals surface area (Å²) in [7, 11) is 0. The molecular weight excluding hydrogens is 396 g/mol. The lowest BCUT2D eigenvalue weighted by atomic mass is 10.0. The molecule has 1 aliphatic carbocycles. The zero-order valence-electron chi connectivity index (χ0n) is 17.9. The number of rotatable bonds is 3. The van der Waals surface area contributed by atoms with Crippen molar-refractivity contribution in [3.8, 4) is 0 Å². The Balaban J connectivity index is 1.47. The first-order valence-corrected chi connectivity index (χ1v) is 10.6. The minimum Gasteiger partial charge on any atom is -0.391 e. The minimum atomic E-state index is -0.768. The lowest BCUT2D eigenvalue weighted by Crippen LogP contribution is -2.44. The van der Waals surface area contributed by atoms with Gasteiger partial charge in [0.2, 0.25) is 5.72 Å². The number of aryl methyl sites for hydroxylation is 2. The second-order valence-electron chi connectivity index (χ2n) is 8.71. The van der Waals surface area contributed by atoms with Crippen LogP contribution in [0.4, 0.5) is 0 Å². The van der Waals surface area contributed by atoms with E-state index in [1.807, 2.05) is 39.0 Å². The fourth-order valence-corrected chi connectivity index (χ4v) is 4.79. The quantitative estimate of drug-likeness (QED) is 0.737. The highest BCUT2D eigenvalue weighted by molar-refractivity contribution is 6.20. The van der Waals surface area contributed by atoms with Gasteiger partial charge in [-0.2, -0.15) is 0 Å². The van der Waals surface area contributed by atoms with Crippen LogP contribution in [0.5, 0.6) is 0 Å². The van der Waals surface area contributed by atoms with E-state index in [0.29, 0.717) is 29.3 Å². The number of nitrogens with one attached hydrogen (secondary N) is 1. The largest absolute Gasteiger partial charge is 0.391 e. The van der Waals surface area contributed by atoms with Gasteiger partial charge in [0.1, 0.15) is 5.84 Å². The maximum absolute atomic E-state index is 13.6. The summed E-state index contributed by atoms with van der Waals surface area (Å²) in [6, 6.07) is 9.48. The highest BCUT2D eigenvalue weighted by atomic mass is 16.7. The van der Waals surface area contributed by atoms with Gasteiger partial charge in [-0.25, -0.2) is 15.3 Å². The number of amides is 1. The molecule has 2 N–H and O–H groups in total. The standard InChI is InChI=1S/C23H26N4O4/c1-13(2)20(19-10-14(3)25-30-19)22(29)27-12-16(28)11-18(27)21-24-23(31-26-21)9-8-15-6-4-5-7-17(15)23/h4-7,10,16,18,28H,8-9,11-12H2,1-3H3,(H,24,26)/t16-,18+,23+/m1/s1. The molecule has 3 aliphatic rings. The zero-order chi connectivity index (χ0) is 21.8. The molecule has 0 bridgehead atoms. The van der Waals surface area contributed by atoms with Crippen molar-refractivity contribution < 1.29 is 19.3 Å². The molecule has 0 unspecified atom stereocenters. The smallest absolute Gasteiger partial charge is 0.258 e. The van der Waals surface area contributed by atoms with Crippen molar-refractivity contribution in [3.05, 3.63) is 58.5 Å². The van der Waals surface area contributed by atoms with Crippen molar-refractivity contribution in [3.63, 3.8) is 0 Å². The fourth-order valence-electron chi connectivity index (χ4n) is 4.79. The van der Waals surface area contributed by atoms with E-state index in [4.69, 9.17) is 14.4 Å². The van der Waals surface area contributed by atoms with Crippen molar-refractivity contribution in [2.24, 2.45) is 4.99 Å². The Labute approximate surface area is 180 Å². The van der Waals surface area contributed by atoms with Crippen LogP contribution in [0.25, 0.3) is 5.57 Å². The van der Waals surface area contributed by atoms with Crippen LogP contribution in [-0.2, 0) is 21.8 Å². The van der Waals surface area contributed by atoms with E-state index in [1.165, 1.54) is 5.56 Å². The number of hydrogen-bond donors (Lipinski definition) is 2. The average Bonchev–Trinajstić information content (AvgIpc) is 3.51. The summed E-state index contributed by atoms with van der Waals surface area (Å²) in [5, 5.41) is 14.3. The third-order valence-electron chi connectivity index (χ3n) is 6.24. The third kappa shape index (κ3) is 3.26. The number of likely N-dealkylation sites (tertiary alicyclic amines) is 1. The normalized spacial score (nSPS) is 26.7. The summed E-state index contributed by atoms with van der Waals surface area (Å²) in [5.41, 5.74) is 6.47. The third-order valence-corrected chi connectivity index (χ3v) is 6.24. The predicted molar refractivity (Wildman–Crippen MR) is 114 cm³/mol. The number of aliphatic hydroxyl groups excluding tert-OH is 1. The lowest BCUT2D eigenvalue weighted by Gasteiger charge is -2.25. The molecule has 8 nitrogen and oxygen atoms in total. The number of hydrogen-bond acceptors (Lipinski definition) is 7. The first-order valence-electron chi connectivity index (χ1n) is 10.6. The molecule has 0 radical (unpaired) electrons. The molecule has 2 aliphatic heterocycles. The van der Waals surface area contributed by atoms with Crippen LogP contribution < -0.4 is 5.48 Å². The van der Waals surface area contributed by atoms with E-state index in [0.717, 1.165) is 24.0 Å². The van der Waals surface area contributed by atoms with E-state index in [1.54, 1.807) is 11.0 Å². The van der Waals surface area contributed by atoms with Gasteiger partial charge in [-0.1, -0.05) is 35.0 Å². The van der Waals surface area contributed by atoms with Crippen LogP contribution in [-0.4, -0.2) is 45.6 Å². The van der Waals surface area contributed by atoms with Crippen molar-refractivity contribution in [2.45, 2.75) is 57.9 Å². The maximum Gasteiger partial charge on any atom is 0.258 e. The molecule has 31 heavy (non-hydrogen) atoms. The van der Waals surface area contributed by atoms with Gasteiger partial charge in [0, 0.05) is 31.0 Å². The number of allylic oxidation sites excluding steroid dienone is 1. The van der Waals surface area contributed by atoms with Crippen molar-refractivity contribution >= 4 is 17.3 Å². The summed E-state index contributed by atoms with van der Waals surface area (Å²) in [6.45, 7) is 5.77. The number of benzene rings is 1. The van der Waals surface area contributed by atoms with E-state index in [9.17, 15) is 9.90 Å². The van der Waals surface area contributed by atoms with Crippen LogP contribution in [0, 0.1) is 6.92 Å². The fraction of sp³-hybridized carbons (Fsp3) is 0.435. The number of β-amino-alcohol motifs (C(OH)–C–C–N with tert-alkyl or cyclic N) is 1. The molecule has 3 atom stereocenters. The first-order chi connectivity index (χ1) is 14.9. The van der Waals surface area contributed by atoms with Gasteiger partial charge in [0.15, 0.2) is 5.76 Å². The number of fused-ring (bicyclic) bond motifs is 2. The Hall–Kier alpha value is -2.97. The number of carbonyl (C=O) groups excluding carboxylic acids is 1. The highest BCUT2D eigenvalue weighted by Gasteiger charge is 2.48. The molecule has 1 saturated heterocycles. The van der Waals surface area contributed by atoms with Gasteiger partial charge >= 0.3 is 0 Å². The van der Waals surface area contributed by atoms with E-state index < -0.39 is 17.9 Å². The molecule has 162 valence electrons. The Morgan fingerprint density at radius 3 is 2.87 bits per heavy atom. The molecule has 2 aromatic rings. The second kappa shape index (κ2) is 7.32. The number of carbonyl (C=O) groups is 1. The molecule has 5 rings (SSSR count). The maximum atomic E-state index is 13.6. The average molecular weight is 422 g/mol. The van der Waals surface area contributed by atoms with Crippen LogP contribution in [0.2, 0.25) is 0 Å². The molecule has 1 spiro atoms. The molecule has 1 amide bonds. The Bertz CT molecular complexity index is 1100. The highest BCUT2D eigenvalue weighted by Crippen LogP contribution is 2.43. The SMILES string of the molecule is CC(C)=C(C(=O)N1C[C@H](O)C[C@H]1C1=N[C@@]2(CCc3ccccc32)ON1)c1cc(C)no1. The van der Waals surface area contributed by atoms with E-state index >= 15 is 0 Å². The van der Waals surface area contributed by atoms with E-state index in [2.05, 4.69) is 16.7 Å². The van der Waals surface area contributed by atoms with Crippen molar-refractivity contribution in [1.82, 2.24) is 15.5 Å². The molecule has 3 heterocycles. The number of hydroxylamine groups is 1. The summed E-state index contributed by atoms with van der Waals surface area (Å²) in [6.07, 6.45) is 1.38. The number of aliphatic imine (C=N–C) groups is 1. The number of aromatic nitrogens is 1. The minimum absolute atomic E-state index is 0.213. The van der Waals surface area contributed by atoms with Crippen molar-refractivity contribution in [2.75, 3.05) is 6.54 Å². The van der Waals surface area contributed by atoms with Gasteiger partial charge in [0.05, 0.1) is 23.4 Å². The summed E-state index contributed by atoms with van der Waals surface area (Å²) in [4.78, 5) is 26.1. The predicted octanol–water partition coefficient (Wildman–Crippen LogP) is 2.47. The molecular formula is C23H26N4O4. The first kappa shape index (κ1) is 20.0. The van der Waals surface area contributed by atoms with Crippen LogP contribution in [0.3, 0.4) is 0 Å². The van der Waals surface area contributed by atoms with Crippen molar-refractivity contribution in [1.29, 1.82) is 0 Å². The molecule has 1 aromatic heterocycles. The second-order valence-corrected chi connectivity index (χ2v) is 8.71. The summed E-state index contributed by atoms with van der Waals surface area (Å²) < 4.78 is 5.38. The van der Waals surface area contributed by atoms with E-state index in [-0.39, 0.29) is 12.5 Å². The Morgan fingerprint density at radius 2 is 2.13 bits per heavy atom. The molecule has 8 heteroatoms. The van der Waals surface area contributed by atoms with Gasteiger partial charge in [0.25, 0.3) is 5.91 Å². The summed E-state index contributed by atoms with van der Waals surface area (Å²) >= 11 is 0. The number of nitrogens with zero attached hydrogens (tertiary/aromatic N) is 3. The Morgan fingerprint density at radius 1 is 1.32 bits per heavy atom. The number of amidine groups is 1. The Kier molecular flexibility index (Phi) is 4.71. The van der Waals surface area contributed by atoms with Gasteiger partial charge in [-0.15, -0.1) is 0 Å². The van der Waals surface area contributed by atoms with Gasteiger partial charge < -0.3 is 14.5 Å². The number of aliphatic hydroxyl groups is 1. The van der Waals surface area contributed by atoms with Gasteiger partial charge in [-0.05, 0) is 32.8 Å². The van der Waals surface area contributed by atoms with Gasteiger partial charge in [-0.3, -0.25) is 4.79 Å². The molecule has 0 saturated carbocycles. The molecule has 1 fully saturated rings. The summed E-state index contributed by atoms with van der Waals surface area (Å²) in [5.74, 6) is 0.792. The molecule has 1 aromatic carbocycles.